The second-order valence-electron chi connectivity index (χ2n) is 9.55. The molecule has 1 aliphatic heterocycles. The lowest BCUT2D eigenvalue weighted by Gasteiger charge is -2.30. The number of hydrogen-bond donors (Lipinski definition) is 1. The minimum Gasteiger partial charge on any atom is -0.350 e. The van der Waals surface area contributed by atoms with Crippen molar-refractivity contribution in [2.75, 3.05) is 13.1 Å². The first-order chi connectivity index (χ1) is 12.7. The van der Waals surface area contributed by atoms with Gasteiger partial charge in [-0.25, -0.2) is 4.98 Å². The Hall–Kier alpha value is -1.85. The molecule has 1 aromatic heterocycles. The van der Waals surface area contributed by atoms with Gasteiger partial charge in [-0.3, -0.25) is 9.59 Å². The molecule has 0 bridgehead atoms. The van der Waals surface area contributed by atoms with Crippen molar-refractivity contribution in [1.82, 2.24) is 19.8 Å². The highest BCUT2D eigenvalue weighted by Gasteiger charge is 2.31. The number of rotatable bonds is 3. The lowest BCUT2D eigenvalue weighted by atomic mass is 9.82. The highest BCUT2D eigenvalue weighted by molar-refractivity contribution is 5.93. The molecule has 1 aliphatic carbocycles. The zero-order chi connectivity index (χ0) is 19.6. The van der Waals surface area contributed by atoms with Crippen molar-refractivity contribution >= 4 is 11.8 Å². The number of amides is 2. The van der Waals surface area contributed by atoms with E-state index in [-0.39, 0.29) is 23.1 Å². The second-order valence-corrected chi connectivity index (χ2v) is 9.55. The summed E-state index contributed by atoms with van der Waals surface area (Å²) in [5, 5.41) is 2.99. The number of fused-ring (bicyclic) bond motifs is 1. The van der Waals surface area contributed by atoms with Crippen molar-refractivity contribution in [3.63, 3.8) is 0 Å². The molecule has 1 saturated carbocycles. The summed E-state index contributed by atoms with van der Waals surface area (Å²) in [5.74, 6) is 1.00. The van der Waals surface area contributed by atoms with Gasteiger partial charge < -0.3 is 14.8 Å². The zero-order valence-corrected chi connectivity index (χ0v) is 17.3. The van der Waals surface area contributed by atoms with E-state index in [1.54, 1.807) is 6.33 Å². The SMILES string of the molecule is CC1CCC(C(=O)N2CCCn3cnc(C(=O)NCC(C)(C)C)c3C2)CC1. The van der Waals surface area contributed by atoms with Crippen molar-refractivity contribution < 1.29 is 9.59 Å². The molecule has 0 spiro atoms. The molecule has 2 heterocycles. The fourth-order valence-corrected chi connectivity index (χ4v) is 4.03. The molecule has 1 N–H and O–H groups in total. The van der Waals surface area contributed by atoms with Gasteiger partial charge in [0.25, 0.3) is 5.91 Å². The van der Waals surface area contributed by atoms with Crippen LogP contribution in [0.15, 0.2) is 6.33 Å². The molecule has 0 atom stereocenters. The summed E-state index contributed by atoms with van der Waals surface area (Å²) in [6.45, 7) is 11.2. The maximum absolute atomic E-state index is 13.1. The average molecular weight is 375 g/mol. The summed E-state index contributed by atoms with van der Waals surface area (Å²) in [5.41, 5.74) is 1.36. The summed E-state index contributed by atoms with van der Waals surface area (Å²) >= 11 is 0. The molecule has 0 aromatic carbocycles. The molecular weight excluding hydrogens is 340 g/mol. The van der Waals surface area contributed by atoms with Crippen LogP contribution in [0.4, 0.5) is 0 Å². The van der Waals surface area contributed by atoms with Crippen LogP contribution in [0, 0.1) is 17.3 Å². The first-order valence-electron chi connectivity index (χ1n) is 10.4. The predicted octanol–water partition coefficient (Wildman–Crippen LogP) is 3.22. The van der Waals surface area contributed by atoms with Gasteiger partial charge in [-0.1, -0.05) is 27.7 Å². The van der Waals surface area contributed by atoms with Gasteiger partial charge in [-0.2, -0.15) is 0 Å². The van der Waals surface area contributed by atoms with Crippen molar-refractivity contribution in [3.05, 3.63) is 17.7 Å². The van der Waals surface area contributed by atoms with Crippen LogP contribution in [0.1, 0.15) is 76.0 Å². The standard InChI is InChI=1S/C21H34N4O2/c1-15-6-8-16(9-7-15)20(27)24-10-5-11-25-14-23-18(17(25)12-24)19(26)22-13-21(2,3)4/h14-16H,5-13H2,1-4H3,(H,22,26). The highest BCUT2D eigenvalue weighted by Crippen LogP contribution is 2.30. The average Bonchev–Trinajstić information content (AvgIpc) is 2.89. The fraction of sp³-hybridized carbons (Fsp3) is 0.762. The molecular formula is C21H34N4O2. The predicted molar refractivity (Wildman–Crippen MR) is 105 cm³/mol. The smallest absolute Gasteiger partial charge is 0.271 e. The van der Waals surface area contributed by atoms with Crippen LogP contribution in [0.5, 0.6) is 0 Å². The summed E-state index contributed by atoms with van der Waals surface area (Å²) in [6.07, 6.45) is 6.92. The molecule has 6 nitrogen and oxygen atoms in total. The van der Waals surface area contributed by atoms with E-state index in [0.29, 0.717) is 18.8 Å². The Morgan fingerprint density at radius 3 is 2.56 bits per heavy atom. The summed E-state index contributed by atoms with van der Waals surface area (Å²) < 4.78 is 2.04. The maximum atomic E-state index is 13.1. The van der Waals surface area contributed by atoms with E-state index in [9.17, 15) is 9.59 Å². The third-order valence-electron chi connectivity index (χ3n) is 5.79. The Labute approximate surface area is 162 Å². The first kappa shape index (κ1) is 19.9. The van der Waals surface area contributed by atoms with Crippen LogP contribution < -0.4 is 5.32 Å². The molecule has 27 heavy (non-hydrogen) atoms. The number of carbonyl (C=O) groups is 2. The maximum Gasteiger partial charge on any atom is 0.271 e. The van der Waals surface area contributed by atoms with E-state index in [1.807, 2.05) is 9.47 Å². The Balaban J connectivity index is 1.71. The molecule has 6 heteroatoms. The van der Waals surface area contributed by atoms with Gasteiger partial charge in [-0.05, 0) is 43.4 Å². The lowest BCUT2D eigenvalue weighted by Crippen LogP contribution is -2.38. The van der Waals surface area contributed by atoms with Crippen LogP contribution in [0.2, 0.25) is 0 Å². The third kappa shape index (κ3) is 4.90. The number of nitrogens with one attached hydrogen (secondary N) is 1. The largest absolute Gasteiger partial charge is 0.350 e. The Morgan fingerprint density at radius 2 is 1.89 bits per heavy atom. The molecule has 1 aromatic rings. The van der Waals surface area contributed by atoms with Crippen molar-refractivity contribution in [2.24, 2.45) is 17.3 Å². The Bertz CT molecular complexity index is 681. The molecule has 2 amide bonds. The molecule has 0 radical (unpaired) electrons. The highest BCUT2D eigenvalue weighted by atomic mass is 16.2. The fourth-order valence-electron chi connectivity index (χ4n) is 4.03. The third-order valence-corrected chi connectivity index (χ3v) is 5.79. The first-order valence-corrected chi connectivity index (χ1v) is 10.4. The summed E-state index contributed by atoms with van der Waals surface area (Å²) in [7, 11) is 0. The number of carbonyl (C=O) groups excluding carboxylic acids is 2. The monoisotopic (exact) mass is 374 g/mol. The topological polar surface area (TPSA) is 67.2 Å². The number of aryl methyl sites for hydroxylation is 1. The molecule has 0 saturated heterocycles. The Kier molecular flexibility index (Phi) is 5.92. The van der Waals surface area contributed by atoms with Gasteiger partial charge in [0.05, 0.1) is 18.6 Å². The Morgan fingerprint density at radius 1 is 1.19 bits per heavy atom. The molecule has 2 aliphatic rings. The minimum atomic E-state index is -0.139. The van der Waals surface area contributed by atoms with Crippen molar-refractivity contribution in [2.45, 2.75) is 72.9 Å². The normalized spacial score (nSPS) is 23.5. The van der Waals surface area contributed by atoms with Crippen LogP contribution in [0.25, 0.3) is 0 Å². The molecule has 3 rings (SSSR count). The zero-order valence-electron chi connectivity index (χ0n) is 17.3. The number of imidazole rings is 1. The summed E-state index contributed by atoms with van der Waals surface area (Å²) in [6, 6.07) is 0. The van der Waals surface area contributed by atoms with Crippen LogP contribution in [-0.2, 0) is 17.9 Å². The van der Waals surface area contributed by atoms with E-state index < -0.39 is 0 Å². The van der Waals surface area contributed by atoms with Crippen molar-refractivity contribution in [1.29, 1.82) is 0 Å². The van der Waals surface area contributed by atoms with Crippen molar-refractivity contribution in [3.8, 4) is 0 Å². The van der Waals surface area contributed by atoms with Gasteiger partial charge in [0, 0.05) is 25.6 Å². The lowest BCUT2D eigenvalue weighted by molar-refractivity contribution is -0.137. The van der Waals surface area contributed by atoms with E-state index >= 15 is 0 Å². The quantitative estimate of drug-likeness (QED) is 0.883. The van der Waals surface area contributed by atoms with E-state index in [0.717, 1.165) is 56.8 Å². The van der Waals surface area contributed by atoms with Crippen LogP contribution in [-0.4, -0.2) is 39.4 Å². The van der Waals surface area contributed by atoms with E-state index in [2.05, 4.69) is 38.0 Å². The van der Waals surface area contributed by atoms with Crippen LogP contribution >= 0.6 is 0 Å². The minimum absolute atomic E-state index is 0.0203. The van der Waals surface area contributed by atoms with Crippen LogP contribution in [0.3, 0.4) is 0 Å². The molecule has 1 fully saturated rings. The van der Waals surface area contributed by atoms with Gasteiger partial charge >= 0.3 is 0 Å². The van der Waals surface area contributed by atoms with Gasteiger partial charge in [-0.15, -0.1) is 0 Å². The second kappa shape index (κ2) is 8.03. The van der Waals surface area contributed by atoms with Gasteiger partial charge in [0.1, 0.15) is 0 Å². The number of hydrogen-bond acceptors (Lipinski definition) is 3. The van der Waals surface area contributed by atoms with Gasteiger partial charge in [0.2, 0.25) is 5.91 Å². The molecule has 150 valence electrons. The summed E-state index contributed by atoms with van der Waals surface area (Å²) in [4.78, 5) is 32.1. The van der Waals surface area contributed by atoms with E-state index in [1.165, 1.54) is 0 Å². The van der Waals surface area contributed by atoms with Gasteiger partial charge in [0.15, 0.2) is 5.69 Å². The molecule has 0 unspecified atom stereocenters. The number of nitrogens with zero attached hydrogens (tertiary/aromatic N) is 3. The number of aromatic nitrogens is 2. The van der Waals surface area contributed by atoms with E-state index in [4.69, 9.17) is 0 Å².